The number of hydrogen-bond acceptors (Lipinski definition) is 10. The van der Waals surface area contributed by atoms with Crippen LogP contribution in [0, 0.1) is 23.7 Å². The van der Waals surface area contributed by atoms with E-state index in [1.54, 1.807) is 13.8 Å². The molecule has 0 amide bonds. The van der Waals surface area contributed by atoms with E-state index in [1.165, 1.54) is 128 Å². The minimum atomic E-state index is -0.203. The molecule has 4 saturated carbocycles. The molecule has 0 N–H and O–H groups in total. The Morgan fingerprint density at radius 3 is 1.08 bits per heavy atom. The van der Waals surface area contributed by atoms with E-state index in [-0.39, 0.29) is 46.9 Å². The van der Waals surface area contributed by atoms with Crippen molar-refractivity contribution in [3.8, 4) is 0 Å². The van der Waals surface area contributed by atoms with Crippen molar-refractivity contribution in [1.29, 1.82) is 0 Å². The van der Waals surface area contributed by atoms with E-state index in [9.17, 15) is 19.2 Å². The van der Waals surface area contributed by atoms with Crippen LogP contribution in [0.25, 0.3) is 22.1 Å². The molecular weight excluding hydrogens is 921 g/mol. The number of piperidine rings is 4. The Hall–Kier alpha value is -4.42. The number of fused-ring (bicyclic) bond motifs is 10. The Balaban J connectivity index is 0.000000143. The fourth-order valence-electron chi connectivity index (χ4n) is 18.1. The molecule has 14 rings (SSSR count). The van der Waals surface area contributed by atoms with Gasteiger partial charge >= 0.3 is 0 Å². The van der Waals surface area contributed by atoms with Gasteiger partial charge in [0.05, 0.1) is 34.2 Å². The van der Waals surface area contributed by atoms with Crippen LogP contribution in [0.5, 0.6) is 0 Å². The third-order valence-corrected chi connectivity index (χ3v) is 21.4. The van der Waals surface area contributed by atoms with Gasteiger partial charge in [-0.05, 0) is 165 Å². The predicted octanol–water partition coefficient (Wildman–Crippen LogP) is 11.0. The highest BCUT2D eigenvalue weighted by Gasteiger charge is 2.48. The minimum absolute atomic E-state index is 0.00450. The summed E-state index contributed by atoms with van der Waals surface area (Å²) < 4.78 is 4.19. The molecule has 12 heteroatoms. The average molecular weight is 1010 g/mol. The third-order valence-electron chi connectivity index (χ3n) is 21.4. The smallest absolute Gasteiger partial charge is 0.294 e. The van der Waals surface area contributed by atoms with Crippen LogP contribution in [0.15, 0.2) is 58.1 Å². The number of carbonyl (C=O) groups is 2. The predicted molar refractivity (Wildman–Crippen MR) is 294 cm³/mol. The molecule has 4 aromatic rings. The maximum Gasteiger partial charge on any atom is 0.294 e. The van der Waals surface area contributed by atoms with Crippen molar-refractivity contribution in [2.45, 2.75) is 241 Å². The van der Waals surface area contributed by atoms with Crippen molar-refractivity contribution in [2.24, 2.45) is 23.7 Å². The van der Waals surface area contributed by atoms with Gasteiger partial charge in [-0.25, -0.2) is 9.97 Å². The van der Waals surface area contributed by atoms with Crippen LogP contribution in [0.2, 0.25) is 0 Å². The fraction of sp³-hybridized carbons (Fsp3) is 0.710. The van der Waals surface area contributed by atoms with Crippen molar-refractivity contribution in [3.63, 3.8) is 0 Å². The van der Waals surface area contributed by atoms with Crippen LogP contribution in [-0.2, 0) is 9.59 Å². The number of anilines is 2. The van der Waals surface area contributed by atoms with Gasteiger partial charge < -0.3 is 18.9 Å². The summed E-state index contributed by atoms with van der Waals surface area (Å²) in [5, 5.41) is 0. The van der Waals surface area contributed by atoms with Gasteiger partial charge in [0.2, 0.25) is 0 Å². The van der Waals surface area contributed by atoms with E-state index in [0.29, 0.717) is 35.8 Å². The lowest BCUT2D eigenvalue weighted by Gasteiger charge is -2.54. The Kier molecular flexibility index (Phi) is 13.6. The molecule has 2 aromatic carbocycles. The van der Waals surface area contributed by atoms with Crippen molar-refractivity contribution in [1.82, 2.24) is 28.9 Å². The lowest BCUT2D eigenvalue weighted by atomic mass is 9.73. The lowest BCUT2D eigenvalue weighted by molar-refractivity contribution is -0.120. The Bertz CT molecular complexity index is 2610. The zero-order chi connectivity index (χ0) is 50.2. The molecule has 2 aromatic heterocycles. The standard InChI is InChI=1S/2C31H42N4O2/c2*1-20(36)28-13-14-33(28)30-31(37)35(29-12-5-4-11-27(29)32-30)26-18-23-9-6-10-24(19-26)34(23)25-16-21-7-2-3-8-22(15-21)17-25/h2*4-5,11-12,21-26,28H,2-3,6-10,13-19H2,1H3. The van der Waals surface area contributed by atoms with Crippen LogP contribution in [0.4, 0.5) is 11.6 Å². The minimum Gasteiger partial charge on any atom is -0.342 e. The highest BCUT2D eigenvalue weighted by atomic mass is 16.1. The molecule has 74 heavy (non-hydrogen) atoms. The highest BCUT2D eigenvalue weighted by Crippen LogP contribution is 2.49. The molecule has 10 unspecified atom stereocenters. The van der Waals surface area contributed by atoms with Gasteiger partial charge in [0.25, 0.3) is 11.1 Å². The summed E-state index contributed by atoms with van der Waals surface area (Å²) in [5.74, 6) is 4.96. The molecule has 10 aliphatic rings. The van der Waals surface area contributed by atoms with E-state index >= 15 is 0 Å². The second-order valence-electron chi connectivity index (χ2n) is 25.8. The summed E-state index contributed by atoms with van der Waals surface area (Å²) in [5.41, 5.74) is 3.66. The number of rotatable bonds is 8. The molecule has 8 heterocycles. The van der Waals surface area contributed by atoms with Crippen molar-refractivity contribution in [2.75, 3.05) is 22.9 Å². The van der Waals surface area contributed by atoms with Crippen molar-refractivity contribution >= 4 is 45.3 Å². The fourth-order valence-corrected chi connectivity index (χ4v) is 18.1. The summed E-state index contributed by atoms with van der Waals surface area (Å²) in [6.45, 7) is 4.74. The molecular formula is C62H84N8O4. The zero-order valence-corrected chi connectivity index (χ0v) is 44.7. The quantitative estimate of drug-likeness (QED) is 0.169. The number of Topliss-reactive ketones (excluding diaryl/α,β-unsaturated/α-hetero) is 2. The molecule has 4 aliphatic carbocycles. The Morgan fingerprint density at radius 2 is 0.757 bits per heavy atom. The first-order chi connectivity index (χ1) is 36.1. The highest BCUT2D eigenvalue weighted by molar-refractivity contribution is 5.88. The maximum atomic E-state index is 14.1. The summed E-state index contributed by atoms with van der Waals surface area (Å²) in [4.78, 5) is 72.1. The summed E-state index contributed by atoms with van der Waals surface area (Å²) >= 11 is 0. The Morgan fingerprint density at radius 1 is 0.405 bits per heavy atom. The summed E-state index contributed by atoms with van der Waals surface area (Å²) in [6.07, 6.45) is 33.6. The van der Waals surface area contributed by atoms with Crippen LogP contribution in [-0.4, -0.2) is 102 Å². The van der Waals surface area contributed by atoms with Gasteiger partial charge in [-0.3, -0.25) is 29.0 Å². The molecule has 10 fully saturated rings. The molecule has 12 nitrogen and oxygen atoms in total. The molecule has 6 aliphatic heterocycles. The second kappa shape index (κ2) is 20.5. The number of ketones is 2. The largest absolute Gasteiger partial charge is 0.342 e. The second-order valence-corrected chi connectivity index (χ2v) is 25.8. The van der Waals surface area contributed by atoms with Crippen LogP contribution >= 0.6 is 0 Å². The number of hydrogen-bond donors (Lipinski definition) is 0. The average Bonchev–Trinajstić information content (AvgIpc) is 3.66. The SMILES string of the molecule is CC(=O)C1CCN1c1nc2ccccc2n(C2CC3CCCC(C2)N3C2CC3CCCCC(C3)C2)c1=O.CC(=O)C1CCN1c1nc2ccccc2n(C2CC3CCCC(C2)N3C2CC3CCCCC(C3)C2)c1=O. The first-order valence-corrected chi connectivity index (χ1v) is 30.2. The Labute approximate surface area is 439 Å². The number of aromatic nitrogens is 4. The maximum absolute atomic E-state index is 14.1. The van der Waals surface area contributed by atoms with Gasteiger partial charge in [0.1, 0.15) is 0 Å². The van der Waals surface area contributed by atoms with E-state index < -0.39 is 0 Å². The van der Waals surface area contributed by atoms with E-state index in [4.69, 9.17) is 9.97 Å². The van der Waals surface area contributed by atoms with Crippen LogP contribution < -0.4 is 20.9 Å². The number of benzene rings is 2. The zero-order valence-electron chi connectivity index (χ0n) is 44.7. The number of para-hydroxylation sites is 4. The molecule has 0 spiro atoms. The van der Waals surface area contributed by atoms with E-state index in [2.05, 4.69) is 31.1 Å². The normalized spacial score (nSPS) is 36.1. The van der Waals surface area contributed by atoms with E-state index in [1.807, 2.05) is 46.2 Å². The van der Waals surface area contributed by atoms with Crippen molar-refractivity contribution < 1.29 is 9.59 Å². The number of carbonyl (C=O) groups excluding carboxylic acids is 2. The first kappa shape index (κ1) is 49.2. The first-order valence-electron chi connectivity index (χ1n) is 30.2. The molecule has 8 bridgehead atoms. The van der Waals surface area contributed by atoms with Crippen molar-refractivity contribution in [3.05, 3.63) is 69.2 Å². The number of nitrogens with zero attached hydrogens (tertiary/aromatic N) is 8. The van der Waals surface area contributed by atoms with Gasteiger partial charge in [0, 0.05) is 61.4 Å². The molecule has 6 saturated heterocycles. The monoisotopic (exact) mass is 1000 g/mol. The van der Waals surface area contributed by atoms with Crippen LogP contribution in [0.3, 0.4) is 0 Å². The van der Waals surface area contributed by atoms with Gasteiger partial charge in [0.15, 0.2) is 23.2 Å². The lowest BCUT2D eigenvalue weighted by Crippen LogP contribution is -2.59. The van der Waals surface area contributed by atoms with E-state index in [0.717, 1.165) is 109 Å². The summed E-state index contributed by atoms with van der Waals surface area (Å²) in [7, 11) is 0. The topological polar surface area (TPSA) is 117 Å². The molecule has 396 valence electrons. The van der Waals surface area contributed by atoms with Gasteiger partial charge in [-0.2, -0.15) is 0 Å². The third kappa shape index (κ3) is 9.09. The van der Waals surface area contributed by atoms with Gasteiger partial charge in [-0.1, -0.05) is 88.5 Å². The van der Waals surface area contributed by atoms with Crippen LogP contribution in [0.1, 0.15) is 193 Å². The summed E-state index contributed by atoms with van der Waals surface area (Å²) in [6, 6.07) is 20.1. The van der Waals surface area contributed by atoms with Gasteiger partial charge in [-0.15, -0.1) is 0 Å². The molecule has 0 radical (unpaired) electrons. The molecule has 10 atom stereocenters.